The van der Waals surface area contributed by atoms with Crippen molar-refractivity contribution in [3.05, 3.63) is 0 Å². The van der Waals surface area contributed by atoms with Gasteiger partial charge in [-0.1, -0.05) is 13.3 Å². The zero-order valence-electron chi connectivity index (χ0n) is 10.4. The summed E-state index contributed by atoms with van der Waals surface area (Å²) in [5.41, 5.74) is -0.908. The second-order valence-corrected chi connectivity index (χ2v) is 5.43. The van der Waals surface area contributed by atoms with Gasteiger partial charge in [-0.05, 0) is 44.4 Å². The van der Waals surface area contributed by atoms with Gasteiger partial charge in [-0.3, -0.25) is 4.79 Å². The molecule has 96 valence electrons. The Labute approximate surface area is 102 Å². The highest BCUT2D eigenvalue weighted by Gasteiger charge is 2.50. The van der Waals surface area contributed by atoms with Crippen molar-refractivity contribution in [3.63, 3.8) is 0 Å². The van der Waals surface area contributed by atoms with Crippen LogP contribution in [0, 0.1) is 5.92 Å². The van der Waals surface area contributed by atoms with Gasteiger partial charge in [0, 0.05) is 6.04 Å². The average molecular weight is 239 g/mol. The fraction of sp³-hybridized carbons (Fsp3) is 0.846. The van der Waals surface area contributed by atoms with Crippen LogP contribution in [0.3, 0.4) is 0 Å². The zero-order chi connectivity index (χ0) is 12.5. The third-order valence-electron chi connectivity index (χ3n) is 4.46. The summed E-state index contributed by atoms with van der Waals surface area (Å²) in [6, 6.07) is 0.182. The van der Waals surface area contributed by atoms with Gasteiger partial charge in [-0.2, -0.15) is 0 Å². The summed E-state index contributed by atoms with van der Waals surface area (Å²) in [7, 11) is 0. The van der Waals surface area contributed by atoms with Gasteiger partial charge in [0.1, 0.15) is 5.54 Å². The Morgan fingerprint density at radius 3 is 2.29 bits per heavy atom. The van der Waals surface area contributed by atoms with Crippen molar-refractivity contribution >= 4 is 12.4 Å². The van der Waals surface area contributed by atoms with Gasteiger partial charge in [0.25, 0.3) is 0 Å². The van der Waals surface area contributed by atoms with E-state index >= 15 is 0 Å². The molecule has 0 heterocycles. The maximum absolute atomic E-state index is 11.6. The summed E-state index contributed by atoms with van der Waals surface area (Å²) >= 11 is 0. The molecule has 0 aromatic rings. The lowest BCUT2D eigenvalue weighted by molar-refractivity contribution is -0.159. The molecule has 0 atom stereocenters. The fourth-order valence-electron chi connectivity index (χ4n) is 3.04. The van der Waals surface area contributed by atoms with Crippen LogP contribution in [0.15, 0.2) is 0 Å². The van der Waals surface area contributed by atoms with Gasteiger partial charge in [0.2, 0.25) is 6.41 Å². The first-order chi connectivity index (χ1) is 8.14. The maximum Gasteiger partial charge on any atom is 0.329 e. The quantitative estimate of drug-likeness (QED) is 0.747. The summed E-state index contributed by atoms with van der Waals surface area (Å²) < 4.78 is 0. The highest BCUT2D eigenvalue weighted by atomic mass is 16.4. The van der Waals surface area contributed by atoms with Gasteiger partial charge in [-0.15, -0.1) is 0 Å². The monoisotopic (exact) mass is 239 g/mol. The highest BCUT2D eigenvalue weighted by Crippen LogP contribution is 2.42. The largest absolute Gasteiger partial charge is 0.479 e. The Bertz CT molecular complexity index is 304. The molecule has 0 radical (unpaired) electrons. The minimum Gasteiger partial charge on any atom is -0.479 e. The number of rotatable bonds is 5. The van der Waals surface area contributed by atoms with E-state index in [0.717, 1.165) is 38.5 Å². The number of nitrogens with zero attached hydrogens (tertiary/aromatic N) is 1. The van der Waals surface area contributed by atoms with Crippen LogP contribution in [0.25, 0.3) is 0 Å². The number of hydrogen-bond acceptors (Lipinski definition) is 2. The Kier molecular flexibility index (Phi) is 3.40. The SMILES string of the molecule is CCC1CCC(C(=O)O)(N(C=O)C2CC2)CC1. The lowest BCUT2D eigenvalue weighted by Gasteiger charge is -2.43. The van der Waals surface area contributed by atoms with Gasteiger partial charge in [0.05, 0.1) is 0 Å². The third kappa shape index (κ3) is 2.17. The molecule has 1 N–H and O–H groups in total. The van der Waals surface area contributed by atoms with Crippen LogP contribution in [-0.4, -0.2) is 34.0 Å². The van der Waals surface area contributed by atoms with Gasteiger partial charge in [0.15, 0.2) is 0 Å². The number of aliphatic carboxylic acids is 1. The molecule has 0 spiro atoms. The number of carboxylic acids is 1. The smallest absolute Gasteiger partial charge is 0.329 e. The normalized spacial score (nSPS) is 33.1. The van der Waals surface area contributed by atoms with E-state index in [2.05, 4.69) is 6.92 Å². The molecule has 0 aliphatic heterocycles. The molecule has 2 aliphatic rings. The Balaban J connectivity index is 2.15. The van der Waals surface area contributed by atoms with E-state index in [1.165, 1.54) is 0 Å². The van der Waals surface area contributed by atoms with Crippen LogP contribution in [0.5, 0.6) is 0 Å². The summed E-state index contributed by atoms with van der Waals surface area (Å²) in [5.74, 6) is -0.179. The van der Waals surface area contributed by atoms with Crippen LogP contribution in [0.2, 0.25) is 0 Å². The van der Waals surface area contributed by atoms with Crippen LogP contribution in [-0.2, 0) is 9.59 Å². The number of hydrogen-bond donors (Lipinski definition) is 1. The number of amides is 1. The molecule has 0 aromatic carbocycles. The summed E-state index contributed by atoms with van der Waals surface area (Å²) in [5, 5.41) is 9.53. The molecule has 0 saturated heterocycles. The topological polar surface area (TPSA) is 57.6 Å². The summed E-state index contributed by atoms with van der Waals surface area (Å²) in [6.07, 6.45) is 6.90. The second kappa shape index (κ2) is 4.67. The molecule has 0 bridgehead atoms. The van der Waals surface area contributed by atoms with Crippen molar-refractivity contribution in [2.45, 2.75) is 63.5 Å². The summed E-state index contributed by atoms with van der Waals surface area (Å²) in [6.45, 7) is 2.15. The first kappa shape index (κ1) is 12.4. The van der Waals surface area contributed by atoms with E-state index in [1.54, 1.807) is 4.90 Å². The molecule has 4 nitrogen and oxygen atoms in total. The lowest BCUT2D eigenvalue weighted by atomic mass is 9.74. The van der Waals surface area contributed by atoms with Crippen molar-refractivity contribution in [3.8, 4) is 0 Å². The number of carboxylic acid groups (broad SMARTS) is 1. The molecule has 2 aliphatic carbocycles. The third-order valence-corrected chi connectivity index (χ3v) is 4.46. The Morgan fingerprint density at radius 1 is 1.35 bits per heavy atom. The maximum atomic E-state index is 11.6. The molecule has 2 fully saturated rings. The number of carbonyl (C=O) groups is 2. The van der Waals surface area contributed by atoms with Gasteiger partial charge in [-0.25, -0.2) is 4.79 Å². The molecule has 0 aromatic heterocycles. The molecular weight excluding hydrogens is 218 g/mol. The van der Waals surface area contributed by atoms with E-state index < -0.39 is 11.5 Å². The van der Waals surface area contributed by atoms with Crippen LogP contribution < -0.4 is 0 Å². The van der Waals surface area contributed by atoms with Crippen molar-refractivity contribution in [2.24, 2.45) is 5.92 Å². The van der Waals surface area contributed by atoms with Crippen LogP contribution >= 0.6 is 0 Å². The predicted molar refractivity (Wildman–Crippen MR) is 63.5 cm³/mol. The fourth-order valence-corrected chi connectivity index (χ4v) is 3.04. The van der Waals surface area contributed by atoms with Crippen molar-refractivity contribution in [2.75, 3.05) is 0 Å². The van der Waals surface area contributed by atoms with Crippen LogP contribution in [0.1, 0.15) is 51.9 Å². The minimum atomic E-state index is -0.908. The minimum absolute atomic E-state index is 0.182. The first-order valence-electron chi connectivity index (χ1n) is 6.61. The van der Waals surface area contributed by atoms with E-state index in [9.17, 15) is 14.7 Å². The van der Waals surface area contributed by atoms with E-state index in [-0.39, 0.29) is 6.04 Å². The zero-order valence-corrected chi connectivity index (χ0v) is 10.4. The number of carbonyl (C=O) groups excluding carboxylic acids is 1. The second-order valence-electron chi connectivity index (χ2n) is 5.43. The Morgan fingerprint density at radius 2 is 1.94 bits per heavy atom. The molecule has 4 heteroatoms. The van der Waals surface area contributed by atoms with Gasteiger partial charge < -0.3 is 10.0 Å². The van der Waals surface area contributed by atoms with Gasteiger partial charge >= 0.3 is 5.97 Å². The summed E-state index contributed by atoms with van der Waals surface area (Å²) in [4.78, 5) is 24.4. The molecule has 0 unspecified atom stereocenters. The average Bonchev–Trinajstić information content (AvgIpc) is 3.15. The van der Waals surface area contributed by atoms with E-state index in [4.69, 9.17) is 0 Å². The van der Waals surface area contributed by atoms with E-state index in [1.807, 2.05) is 0 Å². The molecular formula is C13H21NO3. The molecule has 17 heavy (non-hydrogen) atoms. The van der Waals surface area contributed by atoms with Crippen molar-refractivity contribution < 1.29 is 14.7 Å². The first-order valence-corrected chi connectivity index (χ1v) is 6.61. The molecule has 2 saturated carbocycles. The highest BCUT2D eigenvalue weighted by molar-refractivity contribution is 5.82. The lowest BCUT2D eigenvalue weighted by Crippen LogP contribution is -2.56. The standard InChI is InChI=1S/C13H21NO3/c1-2-10-5-7-13(8-6-10,12(16)17)14(9-15)11-3-4-11/h9-11H,2-8H2,1H3,(H,16,17). The molecule has 1 amide bonds. The van der Waals surface area contributed by atoms with Crippen molar-refractivity contribution in [1.82, 2.24) is 4.90 Å². The Hall–Kier alpha value is -1.06. The molecule has 2 rings (SSSR count). The van der Waals surface area contributed by atoms with Crippen LogP contribution in [0.4, 0.5) is 0 Å². The van der Waals surface area contributed by atoms with Crippen molar-refractivity contribution in [1.29, 1.82) is 0 Å². The predicted octanol–water partition coefficient (Wildman–Crippen LogP) is 2.03. The van der Waals surface area contributed by atoms with E-state index in [0.29, 0.717) is 18.8 Å².